The van der Waals surface area contributed by atoms with Crippen molar-refractivity contribution in [3.63, 3.8) is 0 Å². The van der Waals surface area contributed by atoms with E-state index in [-0.39, 0.29) is 35.3 Å². The van der Waals surface area contributed by atoms with Crippen LogP contribution in [0.4, 0.5) is 19.0 Å². The average molecular weight is 438 g/mol. The van der Waals surface area contributed by atoms with E-state index in [0.717, 1.165) is 37.1 Å². The van der Waals surface area contributed by atoms with Crippen LogP contribution < -0.4 is 10.6 Å². The molecule has 2 aliphatic rings. The van der Waals surface area contributed by atoms with Crippen molar-refractivity contribution in [3.05, 3.63) is 23.8 Å². The number of alkyl halides is 3. The lowest BCUT2D eigenvalue weighted by molar-refractivity contribution is -0.137. The maximum absolute atomic E-state index is 12.9. The van der Waals surface area contributed by atoms with Gasteiger partial charge in [0, 0.05) is 19.1 Å². The maximum atomic E-state index is 12.9. The normalized spacial score (nSPS) is 23.2. The summed E-state index contributed by atoms with van der Waals surface area (Å²) >= 11 is 0. The summed E-state index contributed by atoms with van der Waals surface area (Å²) < 4.78 is 43.9. The van der Waals surface area contributed by atoms with Crippen molar-refractivity contribution < 1.29 is 22.5 Å². The Labute approximate surface area is 179 Å². The third kappa shape index (κ3) is 4.97. The smallest absolute Gasteiger partial charge is 0.358 e. The molecule has 2 heterocycles. The van der Waals surface area contributed by atoms with Gasteiger partial charge in [-0.1, -0.05) is 19.0 Å². The number of hydrogen-bond donors (Lipinski definition) is 2. The average Bonchev–Trinajstić information content (AvgIpc) is 3.10. The van der Waals surface area contributed by atoms with Crippen molar-refractivity contribution in [3.8, 4) is 0 Å². The highest BCUT2D eigenvalue weighted by Gasteiger charge is 2.35. The number of hydrogen-bond acceptors (Lipinski definition) is 5. The van der Waals surface area contributed by atoms with Crippen LogP contribution in [0.2, 0.25) is 0 Å². The zero-order chi connectivity index (χ0) is 22.2. The van der Waals surface area contributed by atoms with Gasteiger partial charge in [-0.05, 0) is 55.7 Å². The number of rotatable bonds is 6. The molecule has 4 rings (SSSR count). The van der Waals surface area contributed by atoms with Gasteiger partial charge in [-0.15, -0.1) is 0 Å². The number of carbonyl (C=O) groups excluding carboxylic acids is 1. The van der Waals surface area contributed by atoms with E-state index in [1.165, 1.54) is 31.7 Å². The van der Waals surface area contributed by atoms with Crippen molar-refractivity contribution in [2.75, 3.05) is 25.0 Å². The molecule has 1 amide bonds. The van der Waals surface area contributed by atoms with Crippen LogP contribution in [0, 0.1) is 11.8 Å². The van der Waals surface area contributed by atoms with Crippen LogP contribution in [0.25, 0.3) is 11.0 Å². The Balaban J connectivity index is 1.23. The molecule has 1 saturated carbocycles. The molecule has 2 fully saturated rings. The second-order valence-electron chi connectivity index (χ2n) is 9.12. The molecule has 0 unspecified atom stereocenters. The first-order valence-electron chi connectivity index (χ1n) is 10.9. The SMILES string of the molecule is CC(C)[C@H]1CC[C@@H](N2CC(NC(=O)CNc3noc4ccc(C(F)(F)F)cc34)C2)CC1. The number of nitrogens with one attached hydrogen (secondary N) is 2. The molecule has 1 saturated heterocycles. The van der Waals surface area contributed by atoms with E-state index in [0.29, 0.717) is 6.04 Å². The Morgan fingerprint density at radius 3 is 2.58 bits per heavy atom. The fourth-order valence-corrected chi connectivity index (χ4v) is 4.72. The van der Waals surface area contributed by atoms with Crippen LogP contribution in [-0.4, -0.2) is 47.7 Å². The molecule has 31 heavy (non-hydrogen) atoms. The molecule has 0 spiro atoms. The second kappa shape index (κ2) is 8.68. The highest BCUT2D eigenvalue weighted by Crippen LogP contribution is 2.34. The standard InChI is InChI=1S/C22H29F3N4O2/c1-13(2)14-3-6-17(7-4-14)29-11-16(12-29)27-20(30)10-26-21-18-9-15(22(23,24)25)5-8-19(18)31-28-21/h5,8-9,13-14,16-17H,3-4,6-7,10-12H2,1-2H3,(H,26,28)(H,27,30)/t14-,17+. The lowest BCUT2D eigenvalue weighted by Crippen LogP contribution is -2.63. The van der Waals surface area contributed by atoms with Gasteiger partial charge in [0.2, 0.25) is 5.91 Å². The summed E-state index contributed by atoms with van der Waals surface area (Å²) in [7, 11) is 0. The zero-order valence-corrected chi connectivity index (χ0v) is 17.8. The molecule has 1 aromatic carbocycles. The number of likely N-dealkylation sites (tertiary alicyclic amines) is 1. The van der Waals surface area contributed by atoms with Crippen molar-refractivity contribution in [2.45, 2.75) is 57.8 Å². The Bertz CT molecular complexity index is 913. The molecule has 1 aliphatic heterocycles. The number of anilines is 1. The summed E-state index contributed by atoms with van der Waals surface area (Å²) in [5.74, 6) is 1.50. The number of aromatic nitrogens is 1. The minimum absolute atomic E-state index is 0.0755. The highest BCUT2D eigenvalue weighted by molar-refractivity contribution is 5.90. The molecule has 0 radical (unpaired) electrons. The minimum atomic E-state index is -4.45. The molecule has 6 nitrogen and oxygen atoms in total. The van der Waals surface area contributed by atoms with E-state index in [4.69, 9.17) is 4.52 Å². The molecule has 0 atom stereocenters. The largest absolute Gasteiger partial charge is 0.416 e. The maximum Gasteiger partial charge on any atom is 0.416 e. The quantitative estimate of drug-likeness (QED) is 0.705. The van der Waals surface area contributed by atoms with Crippen LogP contribution in [0.15, 0.2) is 22.7 Å². The van der Waals surface area contributed by atoms with E-state index in [1.54, 1.807) is 0 Å². The number of fused-ring (bicyclic) bond motifs is 1. The summed E-state index contributed by atoms with van der Waals surface area (Å²) in [5.41, 5.74) is -0.551. The third-order valence-electron chi connectivity index (χ3n) is 6.69. The summed E-state index contributed by atoms with van der Waals surface area (Å²) in [6.45, 7) is 6.22. The molecule has 0 bridgehead atoms. The number of amides is 1. The first kappa shape index (κ1) is 21.9. The lowest BCUT2D eigenvalue weighted by Gasteiger charge is -2.47. The number of carbonyl (C=O) groups is 1. The van der Waals surface area contributed by atoms with Crippen molar-refractivity contribution in [2.24, 2.45) is 11.8 Å². The van der Waals surface area contributed by atoms with Crippen molar-refractivity contribution >= 4 is 22.7 Å². The van der Waals surface area contributed by atoms with Crippen LogP contribution >= 0.6 is 0 Å². The molecule has 9 heteroatoms. The lowest BCUT2D eigenvalue weighted by atomic mass is 9.78. The van der Waals surface area contributed by atoms with Crippen LogP contribution in [0.1, 0.15) is 45.1 Å². The fraction of sp³-hybridized carbons (Fsp3) is 0.636. The Kier molecular flexibility index (Phi) is 6.14. The van der Waals surface area contributed by atoms with Gasteiger partial charge in [0.25, 0.3) is 0 Å². The fourth-order valence-electron chi connectivity index (χ4n) is 4.72. The predicted octanol–water partition coefficient (Wildman–Crippen LogP) is 4.27. The first-order chi connectivity index (χ1) is 14.7. The summed E-state index contributed by atoms with van der Waals surface area (Å²) in [5, 5.41) is 9.73. The Morgan fingerprint density at radius 2 is 1.94 bits per heavy atom. The Morgan fingerprint density at radius 1 is 1.23 bits per heavy atom. The molecule has 2 aromatic rings. The highest BCUT2D eigenvalue weighted by atomic mass is 19.4. The van der Waals surface area contributed by atoms with Gasteiger partial charge < -0.3 is 15.2 Å². The summed E-state index contributed by atoms with van der Waals surface area (Å²) in [6.07, 6.45) is 0.557. The zero-order valence-electron chi connectivity index (χ0n) is 17.8. The predicted molar refractivity (Wildman–Crippen MR) is 112 cm³/mol. The van der Waals surface area contributed by atoms with Gasteiger partial charge >= 0.3 is 6.18 Å². The van der Waals surface area contributed by atoms with E-state index >= 15 is 0 Å². The summed E-state index contributed by atoms with van der Waals surface area (Å²) in [6, 6.07) is 3.88. The minimum Gasteiger partial charge on any atom is -0.358 e. The van der Waals surface area contributed by atoms with E-state index in [1.807, 2.05) is 0 Å². The second-order valence-corrected chi connectivity index (χ2v) is 9.12. The monoisotopic (exact) mass is 438 g/mol. The van der Waals surface area contributed by atoms with Gasteiger partial charge in [-0.2, -0.15) is 13.2 Å². The van der Waals surface area contributed by atoms with E-state index < -0.39 is 11.7 Å². The Hall–Kier alpha value is -2.29. The van der Waals surface area contributed by atoms with Gasteiger partial charge in [-0.3, -0.25) is 9.69 Å². The first-order valence-corrected chi connectivity index (χ1v) is 10.9. The van der Waals surface area contributed by atoms with Gasteiger partial charge in [0.1, 0.15) is 0 Å². The number of halogens is 3. The number of benzene rings is 1. The molecular weight excluding hydrogens is 409 g/mol. The van der Waals surface area contributed by atoms with E-state index in [9.17, 15) is 18.0 Å². The van der Waals surface area contributed by atoms with Crippen LogP contribution in [0.5, 0.6) is 0 Å². The van der Waals surface area contributed by atoms with Crippen LogP contribution in [-0.2, 0) is 11.0 Å². The van der Waals surface area contributed by atoms with Gasteiger partial charge in [-0.25, -0.2) is 0 Å². The van der Waals surface area contributed by atoms with Crippen molar-refractivity contribution in [1.82, 2.24) is 15.4 Å². The third-order valence-corrected chi connectivity index (χ3v) is 6.69. The molecule has 170 valence electrons. The molecular formula is C22H29F3N4O2. The van der Waals surface area contributed by atoms with Crippen molar-refractivity contribution in [1.29, 1.82) is 0 Å². The topological polar surface area (TPSA) is 70.4 Å². The van der Waals surface area contributed by atoms with E-state index in [2.05, 4.69) is 34.5 Å². The molecule has 1 aliphatic carbocycles. The summed E-state index contributed by atoms with van der Waals surface area (Å²) in [4.78, 5) is 14.7. The number of nitrogens with zero attached hydrogens (tertiary/aromatic N) is 2. The van der Waals surface area contributed by atoms with Gasteiger partial charge in [0.15, 0.2) is 11.4 Å². The molecule has 2 N–H and O–H groups in total. The van der Waals surface area contributed by atoms with Gasteiger partial charge in [0.05, 0.1) is 23.5 Å². The molecule has 1 aromatic heterocycles. The van der Waals surface area contributed by atoms with Crippen LogP contribution in [0.3, 0.4) is 0 Å².